The number of fused-ring (bicyclic) bond motifs is 1. The van der Waals surface area contributed by atoms with Crippen LogP contribution < -0.4 is 9.47 Å². The van der Waals surface area contributed by atoms with E-state index in [9.17, 15) is 0 Å². The number of ether oxygens (including phenoxy) is 2. The zero-order chi connectivity index (χ0) is 17.9. The molecular weight excluding hydrogens is 320 g/mol. The topological polar surface area (TPSA) is 18.5 Å². The van der Waals surface area contributed by atoms with E-state index in [1.54, 1.807) is 14.2 Å². The molecule has 0 saturated heterocycles. The molecule has 2 nitrogen and oxygen atoms in total. The molecule has 0 amide bonds. The molecule has 0 aliphatic heterocycles. The molecule has 0 unspecified atom stereocenters. The molecule has 0 atom stereocenters. The maximum absolute atomic E-state index is 5.55. The predicted molar refractivity (Wildman–Crippen MR) is 108 cm³/mol. The molecule has 0 aliphatic rings. The zero-order valence-electron chi connectivity index (χ0n) is 14.9. The van der Waals surface area contributed by atoms with Crippen LogP contribution in [0.2, 0.25) is 0 Å². The van der Waals surface area contributed by atoms with Gasteiger partial charge in [0.15, 0.2) is 0 Å². The van der Waals surface area contributed by atoms with E-state index in [0.29, 0.717) is 0 Å². The maximum Gasteiger partial charge on any atom is 0.126 e. The summed E-state index contributed by atoms with van der Waals surface area (Å²) in [6, 6.07) is 29.4. The summed E-state index contributed by atoms with van der Waals surface area (Å²) < 4.78 is 10.9. The highest BCUT2D eigenvalue weighted by Crippen LogP contribution is 2.35. The molecule has 0 spiro atoms. The number of rotatable bonds is 4. The summed E-state index contributed by atoms with van der Waals surface area (Å²) >= 11 is 0. The van der Waals surface area contributed by atoms with Crippen molar-refractivity contribution in [2.45, 2.75) is 0 Å². The molecule has 0 radical (unpaired) electrons. The molecule has 0 aromatic heterocycles. The van der Waals surface area contributed by atoms with E-state index in [4.69, 9.17) is 9.47 Å². The first-order chi connectivity index (χ1) is 12.8. The Morgan fingerprint density at radius 3 is 2.00 bits per heavy atom. The van der Waals surface area contributed by atoms with Crippen LogP contribution in [0.3, 0.4) is 0 Å². The van der Waals surface area contributed by atoms with E-state index >= 15 is 0 Å². The lowest BCUT2D eigenvalue weighted by molar-refractivity contribution is 0.404. The Hall–Kier alpha value is -3.26. The molecule has 4 aromatic carbocycles. The van der Waals surface area contributed by atoms with Crippen molar-refractivity contribution in [3.63, 3.8) is 0 Å². The summed E-state index contributed by atoms with van der Waals surface area (Å²) in [7, 11) is 3.37. The lowest BCUT2D eigenvalue weighted by Crippen LogP contribution is -1.90. The molecule has 0 fully saturated rings. The monoisotopic (exact) mass is 340 g/mol. The molecule has 128 valence electrons. The van der Waals surface area contributed by atoms with Gasteiger partial charge in [-0.15, -0.1) is 0 Å². The van der Waals surface area contributed by atoms with Gasteiger partial charge in [0.2, 0.25) is 0 Å². The van der Waals surface area contributed by atoms with Gasteiger partial charge >= 0.3 is 0 Å². The largest absolute Gasteiger partial charge is 0.497 e. The highest BCUT2D eigenvalue weighted by molar-refractivity contribution is 5.91. The van der Waals surface area contributed by atoms with Crippen molar-refractivity contribution in [3.05, 3.63) is 84.9 Å². The van der Waals surface area contributed by atoms with Crippen molar-refractivity contribution in [2.24, 2.45) is 0 Å². The van der Waals surface area contributed by atoms with Crippen molar-refractivity contribution < 1.29 is 9.47 Å². The molecule has 2 heteroatoms. The van der Waals surface area contributed by atoms with Crippen LogP contribution in [0.1, 0.15) is 0 Å². The average Bonchev–Trinajstić information content (AvgIpc) is 2.73. The van der Waals surface area contributed by atoms with Gasteiger partial charge in [0, 0.05) is 5.56 Å². The second kappa shape index (κ2) is 6.93. The molecule has 0 bridgehead atoms. The van der Waals surface area contributed by atoms with Gasteiger partial charge in [-0.3, -0.25) is 0 Å². The first kappa shape index (κ1) is 16.2. The van der Waals surface area contributed by atoms with Crippen LogP contribution in [0.4, 0.5) is 0 Å². The van der Waals surface area contributed by atoms with Crippen molar-refractivity contribution in [1.82, 2.24) is 0 Å². The molecule has 0 saturated carbocycles. The first-order valence-corrected chi connectivity index (χ1v) is 8.60. The molecular formula is C24H20O2. The Kier molecular flexibility index (Phi) is 4.32. The quantitative estimate of drug-likeness (QED) is 0.441. The molecule has 0 aliphatic carbocycles. The fraction of sp³-hybridized carbons (Fsp3) is 0.0833. The van der Waals surface area contributed by atoms with Crippen LogP contribution in [0.15, 0.2) is 84.9 Å². The third-order valence-electron chi connectivity index (χ3n) is 4.67. The van der Waals surface area contributed by atoms with Crippen LogP contribution in [0.25, 0.3) is 33.0 Å². The van der Waals surface area contributed by atoms with Crippen molar-refractivity contribution in [1.29, 1.82) is 0 Å². The first-order valence-electron chi connectivity index (χ1n) is 8.60. The molecule has 0 heterocycles. The Bertz CT molecular complexity index is 1050. The smallest absolute Gasteiger partial charge is 0.126 e. The van der Waals surface area contributed by atoms with Gasteiger partial charge in [0.25, 0.3) is 0 Å². The molecule has 26 heavy (non-hydrogen) atoms. The van der Waals surface area contributed by atoms with Gasteiger partial charge in [0.05, 0.1) is 14.2 Å². The maximum atomic E-state index is 5.55. The Morgan fingerprint density at radius 1 is 0.538 bits per heavy atom. The summed E-state index contributed by atoms with van der Waals surface area (Å²) in [6.45, 7) is 0. The van der Waals surface area contributed by atoms with Crippen molar-refractivity contribution >= 4 is 10.8 Å². The third kappa shape index (κ3) is 3.02. The van der Waals surface area contributed by atoms with Gasteiger partial charge < -0.3 is 9.47 Å². The Labute approximate surface area is 153 Å². The minimum atomic E-state index is 0.818. The summed E-state index contributed by atoms with van der Waals surface area (Å²) in [5.74, 6) is 1.66. The van der Waals surface area contributed by atoms with E-state index in [-0.39, 0.29) is 0 Å². The standard InChI is InChI=1S/C24H20O2/c1-25-22-12-13-24(26-2)23(16-22)20-11-9-18-8-10-19(14-21(18)15-20)17-6-4-3-5-7-17/h3-16H,1-2H3. The number of benzene rings is 4. The van der Waals surface area contributed by atoms with E-state index in [1.807, 2.05) is 24.3 Å². The normalized spacial score (nSPS) is 10.7. The minimum Gasteiger partial charge on any atom is -0.497 e. The predicted octanol–water partition coefficient (Wildman–Crippen LogP) is 6.19. The SMILES string of the molecule is COc1ccc(OC)c(-c2ccc3ccc(-c4ccccc4)cc3c2)c1. The van der Waals surface area contributed by atoms with Crippen LogP contribution in [-0.4, -0.2) is 14.2 Å². The van der Waals surface area contributed by atoms with Crippen LogP contribution in [-0.2, 0) is 0 Å². The number of hydrogen-bond acceptors (Lipinski definition) is 2. The Balaban J connectivity index is 1.85. The third-order valence-corrected chi connectivity index (χ3v) is 4.67. The van der Waals surface area contributed by atoms with Crippen LogP contribution in [0.5, 0.6) is 11.5 Å². The second-order valence-corrected chi connectivity index (χ2v) is 6.21. The lowest BCUT2D eigenvalue weighted by Gasteiger charge is -2.12. The van der Waals surface area contributed by atoms with Crippen LogP contribution in [0, 0.1) is 0 Å². The van der Waals surface area contributed by atoms with Gasteiger partial charge in [-0.25, -0.2) is 0 Å². The van der Waals surface area contributed by atoms with Crippen molar-refractivity contribution in [2.75, 3.05) is 14.2 Å². The molecule has 4 rings (SSSR count). The fourth-order valence-electron chi connectivity index (χ4n) is 3.26. The Morgan fingerprint density at radius 2 is 1.27 bits per heavy atom. The fourth-order valence-corrected chi connectivity index (χ4v) is 3.26. The lowest BCUT2D eigenvalue weighted by atomic mass is 9.97. The summed E-state index contributed by atoms with van der Waals surface area (Å²) in [4.78, 5) is 0. The van der Waals surface area contributed by atoms with E-state index in [1.165, 1.54) is 21.9 Å². The average molecular weight is 340 g/mol. The number of hydrogen-bond donors (Lipinski definition) is 0. The highest BCUT2D eigenvalue weighted by atomic mass is 16.5. The molecule has 4 aromatic rings. The van der Waals surface area contributed by atoms with Gasteiger partial charge in [-0.1, -0.05) is 54.6 Å². The van der Waals surface area contributed by atoms with E-state index in [0.717, 1.165) is 22.6 Å². The van der Waals surface area contributed by atoms with E-state index < -0.39 is 0 Å². The molecule has 0 N–H and O–H groups in total. The second-order valence-electron chi connectivity index (χ2n) is 6.21. The zero-order valence-corrected chi connectivity index (χ0v) is 14.9. The van der Waals surface area contributed by atoms with Gasteiger partial charge in [-0.2, -0.15) is 0 Å². The van der Waals surface area contributed by atoms with Gasteiger partial charge in [0.1, 0.15) is 11.5 Å². The van der Waals surface area contributed by atoms with E-state index in [2.05, 4.69) is 60.7 Å². The van der Waals surface area contributed by atoms with Crippen molar-refractivity contribution in [3.8, 4) is 33.8 Å². The highest BCUT2D eigenvalue weighted by Gasteiger charge is 2.09. The summed E-state index contributed by atoms with van der Waals surface area (Å²) in [5.41, 5.74) is 4.57. The van der Waals surface area contributed by atoms with Crippen LogP contribution >= 0.6 is 0 Å². The number of methoxy groups -OCH3 is 2. The van der Waals surface area contributed by atoms with Gasteiger partial charge in [-0.05, 0) is 57.8 Å². The minimum absolute atomic E-state index is 0.818. The summed E-state index contributed by atoms with van der Waals surface area (Å²) in [5, 5.41) is 2.42. The summed E-state index contributed by atoms with van der Waals surface area (Å²) in [6.07, 6.45) is 0.